The first kappa shape index (κ1) is 29.8. The minimum atomic E-state index is -3.59. The topological polar surface area (TPSA) is 86.8 Å². The van der Waals surface area contributed by atoms with Crippen LogP contribution in [-0.4, -0.2) is 50.5 Å². The number of aryl methyl sites for hydroxylation is 1. The number of benzene rings is 3. The Morgan fingerprint density at radius 3 is 2.31 bits per heavy atom. The lowest BCUT2D eigenvalue weighted by molar-refractivity contribution is -0.141. The van der Waals surface area contributed by atoms with Gasteiger partial charge in [0.15, 0.2) is 0 Å². The Morgan fingerprint density at radius 1 is 0.974 bits per heavy atom. The Bertz CT molecular complexity index is 1370. The Labute approximate surface area is 230 Å². The van der Waals surface area contributed by atoms with Crippen molar-refractivity contribution in [2.75, 3.05) is 23.7 Å². The highest BCUT2D eigenvalue weighted by Gasteiger charge is 2.30. The fourth-order valence-electron chi connectivity index (χ4n) is 4.44. The normalized spacial score (nSPS) is 12.0. The van der Waals surface area contributed by atoms with Crippen LogP contribution in [0.2, 0.25) is 0 Å². The SMILES string of the molecule is CCNC(=O)[C@@H](Cc1ccccc1)N(Cc1ccccc1F)C(=O)CCCN(c1cccc(C)c1)S(C)(=O)=O. The number of rotatable bonds is 13. The van der Waals surface area contributed by atoms with Crippen LogP contribution in [-0.2, 0) is 32.6 Å². The first-order chi connectivity index (χ1) is 18.6. The lowest BCUT2D eigenvalue weighted by atomic mass is 10.0. The summed E-state index contributed by atoms with van der Waals surface area (Å²) in [5.41, 5.74) is 2.60. The van der Waals surface area contributed by atoms with Gasteiger partial charge in [0, 0.05) is 38.0 Å². The molecule has 3 aromatic carbocycles. The fraction of sp³-hybridized carbons (Fsp3) is 0.333. The molecule has 7 nitrogen and oxygen atoms in total. The molecule has 0 saturated carbocycles. The van der Waals surface area contributed by atoms with Crippen LogP contribution in [0, 0.1) is 12.7 Å². The van der Waals surface area contributed by atoms with Gasteiger partial charge in [0.25, 0.3) is 0 Å². The van der Waals surface area contributed by atoms with E-state index in [1.165, 1.54) is 15.3 Å². The lowest BCUT2D eigenvalue weighted by Gasteiger charge is -2.32. The number of carbonyl (C=O) groups excluding carboxylic acids is 2. The smallest absolute Gasteiger partial charge is 0.243 e. The van der Waals surface area contributed by atoms with E-state index in [-0.39, 0.29) is 44.2 Å². The highest BCUT2D eigenvalue weighted by Crippen LogP contribution is 2.21. The van der Waals surface area contributed by atoms with Crippen LogP contribution in [0.3, 0.4) is 0 Å². The second-order valence-electron chi connectivity index (χ2n) is 9.49. The molecule has 0 unspecified atom stereocenters. The Morgan fingerprint density at radius 2 is 1.67 bits per heavy atom. The van der Waals surface area contributed by atoms with E-state index in [0.717, 1.165) is 17.4 Å². The molecule has 2 amide bonds. The molecular formula is C30H36FN3O4S. The van der Waals surface area contributed by atoms with Gasteiger partial charge in [-0.3, -0.25) is 13.9 Å². The van der Waals surface area contributed by atoms with E-state index in [9.17, 15) is 22.4 Å². The predicted molar refractivity (Wildman–Crippen MR) is 152 cm³/mol. The molecule has 3 aromatic rings. The summed E-state index contributed by atoms with van der Waals surface area (Å²) in [4.78, 5) is 28.3. The third kappa shape index (κ3) is 8.64. The summed E-state index contributed by atoms with van der Waals surface area (Å²) in [6.45, 7) is 4.05. The Hall–Kier alpha value is -3.72. The summed E-state index contributed by atoms with van der Waals surface area (Å²) < 4.78 is 41.0. The molecule has 0 aliphatic carbocycles. The van der Waals surface area contributed by atoms with Crippen molar-refractivity contribution >= 4 is 27.5 Å². The number of anilines is 1. The van der Waals surface area contributed by atoms with Crippen molar-refractivity contribution < 1.29 is 22.4 Å². The average molecular weight is 554 g/mol. The lowest BCUT2D eigenvalue weighted by Crippen LogP contribution is -2.50. The van der Waals surface area contributed by atoms with Gasteiger partial charge in [-0.1, -0.05) is 60.7 Å². The molecule has 0 aliphatic rings. The van der Waals surface area contributed by atoms with Crippen molar-refractivity contribution in [2.24, 2.45) is 0 Å². The molecule has 208 valence electrons. The maximum absolute atomic E-state index is 14.7. The van der Waals surface area contributed by atoms with E-state index in [2.05, 4.69) is 5.32 Å². The third-order valence-electron chi connectivity index (χ3n) is 6.36. The first-order valence-electron chi connectivity index (χ1n) is 13.0. The zero-order valence-corrected chi connectivity index (χ0v) is 23.5. The van der Waals surface area contributed by atoms with Gasteiger partial charge in [-0.25, -0.2) is 12.8 Å². The Balaban J connectivity index is 1.87. The van der Waals surface area contributed by atoms with Crippen molar-refractivity contribution in [3.8, 4) is 0 Å². The van der Waals surface area contributed by atoms with Crippen LogP contribution in [0.4, 0.5) is 10.1 Å². The van der Waals surface area contributed by atoms with Crippen molar-refractivity contribution in [1.82, 2.24) is 10.2 Å². The minimum absolute atomic E-state index is 0.0169. The number of sulfonamides is 1. The number of likely N-dealkylation sites (N-methyl/N-ethyl adjacent to an activating group) is 1. The van der Waals surface area contributed by atoms with Crippen LogP contribution < -0.4 is 9.62 Å². The number of hydrogen-bond acceptors (Lipinski definition) is 4. The van der Waals surface area contributed by atoms with E-state index < -0.39 is 21.9 Å². The van der Waals surface area contributed by atoms with Crippen LogP contribution in [0.15, 0.2) is 78.9 Å². The van der Waals surface area contributed by atoms with E-state index in [0.29, 0.717) is 17.8 Å². The van der Waals surface area contributed by atoms with Crippen molar-refractivity contribution in [1.29, 1.82) is 0 Å². The summed E-state index contributed by atoms with van der Waals surface area (Å²) >= 11 is 0. The quantitative estimate of drug-likeness (QED) is 0.339. The largest absolute Gasteiger partial charge is 0.355 e. The highest BCUT2D eigenvalue weighted by atomic mass is 32.2. The molecule has 9 heteroatoms. The monoisotopic (exact) mass is 553 g/mol. The average Bonchev–Trinajstić information content (AvgIpc) is 2.89. The molecule has 3 rings (SSSR count). The zero-order valence-electron chi connectivity index (χ0n) is 22.6. The number of halogens is 1. The maximum atomic E-state index is 14.7. The molecule has 0 spiro atoms. The van der Waals surface area contributed by atoms with Crippen molar-refractivity contribution in [3.63, 3.8) is 0 Å². The molecule has 0 bridgehead atoms. The second-order valence-corrected chi connectivity index (χ2v) is 11.4. The molecule has 0 aromatic heterocycles. The highest BCUT2D eigenvalue weighted by molar-refractivity contribution is 7.92. The standard InChI is InChI=1S/C30H36FN3O4S/c1-4-32-30(36)28(21-24-13-6-5-7-14-24)33(22-25-15-8-9-17-27(25)31)29(35)18-11-19-34(39(3,37)38)26-16-10-12-23(2)20-26/h5-10,12-17,20,28H,4,11,18-19,21-22H2,1-3H3,(H,32,36)/t28-/m1/s1. The van der Waals surface area contributed by atoms with Gasteiger partial charge in [0.1, 0.15) is 11.9 Å². The van der Waals surface area contributed by atoms with Gasteiger partial charge in [-0.05, 0) is 49.6 Å². The van der Waals surface area contributed by atoms with Crippen LogP contribution >= 0.6 is 0 Å². The van der Waals surface area contributed by atoms with Gasteiger partial charge in [0.05, 0.1) is 11.9 Å². The van der Waals surface area contributed by atoms with Gasteiger partial charge < -0.3 is 10.2 Å². The molecule has 0 saturated heterocycles. The molecule has 0 fully saturated rings. The summed E-state index contributed by atoms with van der Waals surface area (Å²) in [7, 11) is -3.59. The van der Waals surface area contributed by atoms with Gasteiger partial charge in [-0.15, -0.1) is 0 Å². The van der Waals surface area contributed by atoms with Gasteiger partial charge in [-0.2, -0.15) is 0 Å². The molecule has 39 heavy (non-hydrogen) atoms. The molecule has 0 aliphatic heterocycles. The number of hydrogen-bond donors (Lipinski definition) is 1. The zero-order chi connectivity index (χ0) is 28.4. The fourth-order valence-corrected chi connectivity index (χ4v) is 5.40. The molecule has 0 radical (unpaired) electrons. The third-order valence-corrected chi connectivity index (χ3v) is 7.56. The summed E-state index contributed by atoms with van der Waals surface area (Å²) in [5.74, 6) is -1.15. The van der Waals surface area contributed by atoms with E-state index >= 15 is 0 Å². The van der Waals surface area contributed by atoms with E-state index in [4.69, 9.17) is 0 Å². The van der Waals surface area contributed by atoms with Gasteiger partial charge in [0.2, 0.25) is 21.8 Å². The molecule has 1 atom stereocenters. The molecule has 0 heterocycles. The summed E-state index contributed by atoms with van der Waals surface area (Å²) in [6, 6.07) is 21.8. The van der Waals surface area contributed by atoms with E-state index in [1.807, 2.05) is 43.3 Å². The van der Waals surface area contributed by atoms with Crippen LogP contribution in [0.25, 0.3) is 0 Å². The number of amides is 2. The number of nitrogens with one attached hydrogen (secondary N) is 1. The molecular weight excluding hydrogens is 517 g/mol. The maximum Gasteiger partial charge on any atom is 0.243 e. The number of carbonyl (C=O) groups is 2. The molecule has 1 N–H and O–H groups in total. The van der Waals surface area contributed by atoms with Crippen LogP contribution in [0.5, 0.6) is 0 Å². The minimum Gasteiger partial charge on any atom is -0.355 e. The van der Waals surface area contributed by atoms with Gasteiger partial charge >= 0.3 is 0 Å². The second kappa shape index (κ2) is 13.9. The summed E-state index contributed by atoms with van der Waals surface area (Å²) in [6.07, 6.45) is 1.59. The van der Waals surface area contributed by atoms with Crippen molar-refractivity contribution in [3.05, 3.63) is 101 Å². The van der Waals surface area contributed by atoms with Crippen molar-refractivity contribution in [2.45, 2.75) is 45.7 Å². The predicted octanol–water partition coefficient (Wildman–Crippen LogP) is 4.46. The Kier molecular flexibility index (Phi) is 10.6. The van der Waals surface area contributed by atoms with E-state index in [1.54, 1.807) is 43.3 Å². The first-order valence-corrected chi connectivity index (χ1v) is 14.8. The van der Waals surface area contributed by atoms with Crippen LogP contribution in [0.1, 0.15) is 36.5 Å². The number of nitrogens with zero attached hydrogens (tertiary/aromatic N) is 2. The summed E-state index contributed by atoms with van der Waals surface area (Å²) in [5, 5.41) is 2.81.